The Bertz CT molecular complexity index is 384. The Morgan fingerprint density at radius 1 is 1.38 bits per heavy atom. The van der Waals surface area contributed by atoms with Crippen LogP contribution in [-0.4, -0.2) is 11.2 Å². The predicted molar refractivity (Wildman–Crippen MR) is 69.2 cm³/mol. The van der Waals surface area contributed by atoms with Crippen LogP contribution in [0.3, 0.4) is 0 Å². The molecule has 0 heterocycles. The molecule has 2 nitrogen and oxygen atoms in total. The van der Waals surface area contributed by atoms with Gasteiger partial charge in [-0.1, -0.05) is 22.0 Å². The van der Waals surface area contributed by atoms with Crippen LogP contribution in [0.2, 0.25) is 0 Å². The Hall–Kier alpha value is -0.380. The van der Waals surface area contributed by atoms with Crippen molar-refractivity contribution in [3.63, 3.8) is 0 Å². The van der Waals surface area contributed by atoms with Gasteiger partial charge in [-0.2, -0.15) is 0 Å². The molecule has 0 unspecified atom stereocenters. The van der Waals surface area contributed by atoms with E-state index in [0.29, 0.717) is 0 Å². The number of nitrogens with two attached hydrogens (primary N) is 1. The molecule has 1 aromatic rings. The largest absolute Gasteiger partial charge is 0.393 e. The number of halogens is 1. The molecule has 88 valence electrons. The van der Waals surface area contributed by atoms with Gasteiger partial charge >= 0.3 is 0 Å². The molecule has 0 spiro atoms. The van der Waals surface area contributed by atoms with Crippen molar-refractivity contribution in [1.82, 2.24) is 0 Å². The van der Waals surface area contributed by atoms with Crippen LogP contribution >= 0.6 is 15.9 Å². The number of hydrogen-bond donors (Lipinski definition) is 2. The minimum atomic E-state index is -0.257. The van der Waals surface area contributed by atoms with Crippen LogP contribution in [0.5, 0.6) is 0 Å². The number of aryl methyl sites for hydroxylation is 1. The van der Waals surface area contributed by atoms with E-state index in [1.54, 1.807) is 0 Å². The summed E-state index contributed by atoms with van der Waals surface area (Å²) in [5, 5.41) is 9.55. The van der Waals surface area contributed by atoms with Crippen LogP contribution in [0, 0.1) is 6.92 Å². The van der Waals surface area contributed by atoms with E-state index in [1.165, 1.54) is 11.1 Å². The molecule has 1 aromatic carbocycles. The molecule has 0 saturated heterocycles. The molecule has 1 saturated carbocycles. The molecular weight excluding hydrogens is 266 g/mol. The van der Waals surface area contributed by atoms with Gasteiger partial charge in [0.2, 0.25) is 0 Å². The highest BCUT2D eigenvalue weighted by atomic mass is 79.9. The molecule has 0 atom stereocenters. The summed E-state index contributed by atoms with van der Waals surface area (Å²) in [7, 11) is 0. The summed E-state index contributed by atoms with van der Waals surface area (Å²) in [5.74, 6) is 0. The van der Waals surface area contributed by atoms with Crippen molar-refractivity contribution in [2.24, 2.45) is 5.73 Å². The Morgan fingerprint density at radius 2 is 2.00 bits per heavy atom. The van der Waals surface area contributed by atoms with Crippen molar-refractivity contribution in [3.05, 3.63) is 33.8 Å². The van der Waals surface area contributed by atoms with Gasteiger partial charge in [-0.05, 0) is 55.9 Å². The van der Waals surface area contributed by atoms with Crippen molar-refractivity contribution in [2.45, 2.75) is 44.2 Å². The lowest BCUT2D eigenvalue weighted by molar-refractivity contribution is 0.0967. The molecule has 16 heavy (non-hydrogen) atoms. The Morgan fingerprint density at radius 3 is 2.62 bits per heavy atom. The average Bonchev–Trinajstić information content (AvgIpc) is 2.26. The lowest BCUT2D eigenvalue weighted by atomic mass is 9.75. The second-order valence-corrected chi connectivity index (χ2v) is 5.76. The molecular formula is C13H18BrNO. The first-order valence-corrected chi connectivity index (χ1v) is 6.54. The molecule has 0 bridgehead atoms. The van der Waals surface area contributed by atoms with Crippen LogP contribution < -0.4 is 5.73 Å². The summed E-state index contributed by atoms with van der Waals surface area (Å²) in [6.45, 7) is 2.10. The molecule has 0 aromatic heterocycles. The average molecular weight is 284 g/mol. The van der Waals surface area contributed by atoms with E-state index in [2.05, 4.69) is 35.0 Å². The van der Waals surface area contributed by atoms with E-state index in [-0.39, 0.29) is 11.6 Å². The highest BCUT2D eigenvalue weighted by molar-refractivity contribution is 9.10. The zero-order valence-corrected chi connectivity index (χ0v) is 11.1. The van der Waals surface area contributed by atoms with Crippen LogP contribution in [0.1, 0.15) is 36.8 Å². The van der Waals surface area contributed by atoms with Crippen molar-refractivity contribution in [1.29, 1.82) is 0 Å². The van der Waals surface area contributed by atoms with Gasteiger partial charge in [0, 0.05) is 10.0 Å². The van der Waals surface area contributed by atoms with Crippen LogP contribution in [0.15, 0.2) is 22.7 Å². The van der Waals surface area contributed by atoms with Gasteiger partial charge in [-0.3, -0.25) is 0 Å². The second-order valence-electron chi connectivity index (χ2n) is 4.85. The van der Waals surface area contributed by atoms with Crippen molar-refractivity contribution < 1.29 is 5.11 Å². The monoisotopic (exact) mass is 283 g/mol. The summed E-state index contributed by atoms with van der Waals surface area (Å²) in [6.07, 6.45) is 3.19. The van der Waals surface area contributed by atoms with Crippen molar-refractivity contribution in [2.75, 3.05) is 0 Å². The summed E-state index contributed by atoms with van der Waals surface area (Å²) < 4.78 is 1.07. The van der Waals surface area contributed by atoms with E-state index < -0.39 is 0 Å². The van der Waals surface area contributed by atoms with E-state index in [9.17, 15) is 5.11 Å². The highest BCUT2D eigenvalue weighted by Crippen LogP contribution is 2.37. The lowest BCUT2D eigenvalue weighted by Crippen LogP contribution is -2.42. The molecule has 1 aliphatic rings. The molecule has 0 radical (unpaired) electrons. The molecule has 0 amide bonds. The summed E-state index contributed by atoms with van der Waals surface area (Å²) in [6, 6.07) is 6.26. The maximum absolute atomic E-state index is 9.55. The molecule has 3 N–H and O–H groups in total. The lowest BCUT2D eigenvalue weighted by Gasteiger charge is -2.37. The number of aliphatic hydroxyl groups excluding tert-OH is 1. The van der Waals surface area contributed by atoms with Gasteiger partial charge in [0.25, 0.3) is 0 Å². The summed E-state index contributed by atoms with van der Waals surface area (Å²) >= 11 is 3.49. The van der Waals surface area contributed by atoms with Crippen LogP contribution in [0.25, 0.3) is 0 Å². The molecule has 2 rings (SSSR count). The van der Waals surface area contributed by atoms with E-state index in [4.69, 9.17) is 5.73 Å². The van der Waals surface area contributed by atoms with E-state index in [0.717, 1.165) is 30.2 Å². The van der Waals surface area contributed by atoms with Crippen molar-refractivity contribution in [3.8, 4) is 0 Å². The highest BCUT2D eigenvalue weighted by Gasteiger charge is 2.33. The first-order valence-electron chi connectivity index (χ1n) is 5.75. The quantitative estimate of drug-likeness (QED) is 0.833. The molecule has 1 fully saturated rings. The van der Waals surface area contributed by atoms with Crippen LogP contribution in [-0.2, 0) is 5.54 Å². The number of aliphatic hydroxyl groups is 1. The third kappa shape index (κ3) is 2.31. The maximum Gasteiger partial charge on any atom is 0.0541 e. The van der Waals surface area contributed by atoms with Gasteiger partial charge in [0.15, 0.2) is 0 Å². The number of rotatable bonds is 1. The topological polar surface area (TPSA) is 46.2 Å². The fourth-order valence-corrected chi connectivity index (χ4v) is 2.88. The van der Waals surface area contributed by atoms with Gasteiger partial charge < -0.3 is 10.8 Å². The van der Waals surface area contributed by atoms with Gasteiger partial charge in [0.1, 0.15) is 0 Å². The van der Waals surface area contributed by atoms with E-state index >= 15 is 0 Å². The minimum Gasteiger partial charge on any atom is -0.393 e. The molecule has 3 heteroatoms. The first kappa shape index (κ1) is 12.1. The Kier molecular flexibility index (Phi) is 3.38. The molecule has 1 aliphatic carbocycles. The van der Waals surface area contributed by atoms with Crippen molar-refractivity contribution >= 4 is 15.9 Å². The molecule has 0 aliphatic heterocycles. The predicted octanol–water partition coefficient (Wildman–Crippen LogP) is 2.85. The zero-order valence-electron chi connectivity index (χ0n) is 9.54. The number of hydrogen-bond acceptors (Lipinski definition) is 2. The number of benzene rings is 1. The SMILES string of the molecule is Cc1ccc(Br)cc1C1(N)CCC(O)CC1. The standard InChI is InChI=1S/C13H18BrNO/c1-9-2-3-10(14)8-12(9)13(15)6-4-11(16)5-7-13/h2-3,8,11,16H,4-7,15H2,1H3. The van der Waals surface area contributed by atoms with Gasteiger partial charge in [-0.25, -0.2) is 0 Å². The first-order chi connectivity index (χ1) is 7.51. The second kappa shape index (κ2) is 4.47. The van der Waals surface area contributed by atoms with Gasteiger partial charge in [0.05, 0.1) is 6.10 Å². The third-order valence-electron chi connectivity index (χ3n) is 3.58. The zero-order chi connectivity index (χ0) is 11.8. The minimum absolute atomic E-state index is 0.163. The smallest absolute Gasteiger partial charge is 0.0541 e. The van der Waals surface area contributed by atoms with Crippen LogP contribution in [0.4, 0.5) is 0 Å². The fraction of sp³-hybridized carbons (Fsp3) is 0.538. The summed E-state index contributed by atoms with van der Waals surface area (Å²) in [4.78, 5) is 0. The Balaban J connectivity index is 2.32. The summed E-state index contributed by atoms with van der Waals surface area (Å²) in [5.41, 5.74) is 8.68. The Labute approximate surface area is 105 Å². The maximum atomic E-state index is 9.55. The van der Waals surface area contributed by atoms with Gasteiger partial charge in [-0.15, -0.1) is 0 Å². The van der Waals surface area contributed by atoms with E-state index in [1.807, 2.05) is 6.07 Å². The third-order valence-corrected chi connectivity index (χ3v) is 4.08. The fourth-order valence-electron chi connectivity index (χ4n) is 2.52. The normalized spacial score (nSPS) is 30.4.